The highest BCUT2D eigenvalue weighted by atomic mass is 16.5. The molecule has 1 aromatic carbocycles. The molecule has 0 bridgehead atoms. The normalized spacial score (nSPS) is 11.6. The molecule has 2 heteroatoms. The molecule has 0 fully saturated rings. The molecule has 82 valence electrons. The van der Waals surface area contributed by atoms with Gasteiger partial charge in [-0.15, -0.1) is 0 Å². The number of methoxy groups -OCH3 is 1. The van der Waals surface area contributed by atoms with Gasteiger partial charge in [-0.25, -0.2) is 0 Å². The van der Waals surface area contributed by atoms with Crippen LogP contribution in [0, 0.1) is 6.92 Å². The molecule has 0 saturated carbocycles. The number of aryl methyl sites for hydroxylation is 1. The summed E-state index contributed by atoms with van der Waals surface area (Å²) in [4.78, 5) is 0. The van der Waals surface area contributed by atoms with Crippen LogP contribution in [0.5, 0.6) is 5.75 Å². The fourth-order valence-electron chi connectivity index (χ4n) is 1.62. The summed E-state index contributed by atoms with van der Waals surface area (Å²) in [5.41, 5.74) is 9.26. The largest absolute Gasteiger partial charge is 0.497 e. The maximum atomic E-state index is 5.47. The third-order valence-electron chi connectivity index (χ3n) is 2.48. The number of rotatable bonds is 4. The third-order valence-corrected chi connectivity index (χ3v) is 2.48. The van der Waals surface area contributed by atoms with Crippen molar-refractivity contribution in [2.24, 2.45) is 5.73 Å². The van der Waals surface area contributed by atoms with E-state index in [0.29, 0.717) is 6.54 Å². The molecular weight excluding hydrogens is 186 g/mol. The zero-order valence-corrected chi connectivity index (χ0v) is 9.71. The molecule has 0 aromatic heterocycles. The van der Waals surface area contributed by atoms with Gasteiger partial charge in [0.2, 0.25) is 0 Å². The van der Waals surface area contributed by atoms with Crippen LogP contribution in [0.25, 0.3) is 5.57 Å². The molecule has 2 N–H and O–H groups in total. The highest BCUT2D eigenvalue weighted by Gasteiger charge is 2.01. The van der Waals surface area contributed by atoms with Crippen molar-refractivity contribution in [1.29, 1.82) is 0 Å². The van der Waals surface area contributed by atoms with Gasteiger partial charge in [-0.3, -0.25) is 0 Å². The van der Waals surface area contributed by atoms with Crippen molar-refractivity contribution in [2.75, 3.05) is 13.7 Å². The fraction of sp³-hybridized carbons (Fsp3) is 0.385. The first-order valence-electron chi connectivity index (χ1n) is 5.21. The molecule has 0 spiro atoms. The van der Waals surface area contributed by atoms with Gasteiger partial charge in [-0.05, 0) is 55.6 Å². The zero-order valence-electron chi connectivity index (χ0n) is 9.71. The van der Waals surface area contributed by atoms with Crippen molar-refractivity contribution >= 4 is 5.57 Å². The minimum atomic E-state index is 0.701. The van der Waals surface area contributed by atoms with Crippen LogP contribution in [-0.4, -0.2) is 13.7 Å². The molecule has 15 heavy (non-hydrogen) atoms. The molecule has 0 saturated heterocycles. The van der Waals surface area contributed by atoms with Gasteiger partial charge in [0.25, 0.3) is 0 Å². The number of nitrogens with two attached hydrogens (primary N) is 1. The minimum absolute atomic E-state index is 0.701. The molecule has 1 rings (SSSR count). The second kappa shape index (κ2) is 5.56. The van der Waals surface area contributed by atoms with E-state index in [-0.39, 0.29) is 0 Å². The Bertz CT molecular complexity index is 356. The molecule has 0 radical (unpaired) electrons. The first-order chi connectivity index (χ1) is 7.19. The van der Waals surface area contributed by atoms with Crippen molar-refractivity contribution in [3.05, 3.63) is 35.4 Å². The third kappa shape index (κ3) is 3.10. The van der Waals surface area contributed by atoms with Crippen LogP contribution < -0.4 is 10.5 Å². The second-order valence-electron chi connectivity index (χ2n) is 3.65. The Morgan fingerprint density at radius 2 is 2.20 bits per heavy atom. The quantitative estimate of drug-likeness (QED) is 0.820. The highest BCUT2D eigenvalue weighted by Crippen LogP contribution is 2.23. The molecule has 0 heterocycles. The van der Waals surface area contributed by atoms with Crippen molar-refractivity contribution < 1.29 is 4.74 Å². The maximum absolute atomic E-state index is 5.47. The summed E-state index contributed by atoms with van der Waals surface area (Å²) < 4.78 is 5.17. The molecule has 2 nitrogen and oxygen atoms in total. The summed E-state index contributed by atoms with van der Waals surface area (Å²) in [6.45, 7) is 4.91. The number of hydrogen-bond donors (Lipinski definition) is 1. The molecular formula is C13H19NO. The Hall–Kier alpha value is -1.28. The monoisotopic (exact) mass is 205 g/mol. The Labute approximate surface area is 91.7 Å². The summed E-state index contributed by atoms with van der Waals surface area (Å²) >= 11 is 0. The number of ether oxygens (including phenoxy) is 1. The Morgan fingerprint density at radius 1 is 1.47 bits per heavy atom. The van der Waals surface area contributed by atoms with E-state index < -0.39 is 0 Å². The van der Waals surface area contributed by atoms with Gasteiger partial charge in [0, 0.05) is 0 Å². The van der Waals surface area contributed by atoms with Gasteiger partial charge in [0.05, 0.1) is 7.11 Å². The lowest BCUT2D eigenvalue weighted by Gasteiger charge is -2.08. The van der Waals surface area contributed by atoms with Crippen LogP contribution in [0.2, 0.25) is 0 Å². The van der Waals surface area contributed by atoms with Crippen LogP contribution in [0.4, 0.5) is 0 Å². The zero-order chi connectivity index (χ0) is 11.3. The van der Waals surface area contributed by atoms with Crippen LogP contribution in [-0.2, 0) is 0 Å². The van der Waals surface area contributed by atoms with Gasteiger partial charge in [-0.1, -0.05) is 12.1 Å². The Balaban J connectivity index is 2.95. The van der Waals surface area contributed by atoms with Gasteiger partial charge < -0.3 is 10.5 Å². The van der Waals surface area contributed by atoms with Gasteiger partial charge in [0.1, 0.15) is 5.75 Å². The average Bonchev–Trinajstić information content (AvgIpc) is 2.25. The van der Waals surface area contributed by atoms with Crippen LogP contribution in [0.3, 0.4) is 0 Å². The van der Waals surface area contributed by atoms with E-state index in [1.165, 1.54) is 16.7 Å². The minimum Gasteiger partial charge on any atom is -0.497 e. The predicted octanol–water partition coefficient (Wildman–Crippen LogP) is 2.76. The summed E-state index contributed by atoms with van der Waals surface area (Å²) in [5.74, 6) is 0.905. The summed E-state index contributed by atoms with van der Waals surface area (Å²) in [6.07, 6.45) is 3.10. The Kier molecular flexibility index (Phi) is 4.37. The van der Waals surface area contributed by atoms with Crippen LogP contribution >= 0.6 is 0 Å². The lowest BCUT2D eigenvalue weighted by Crippen LogP contribution is -1.96. The van der Waals surface area contributed by atoms with Crippen molar-refractivity contribution in [2.45, 2.75) is 20.3 Å². The molecule has 1 aromatic rings. The SMILES string of the molecule is COc1ccc(C(C)=CCCN)c(C)c1. The van der Waals surface area contributed by atoms with E-state index in [1.807, 2.05) is 6.07 Å². The molecule has 0 aliphatic carbocycles. The smallest absolute Gasteiger partial charge is 0.119 e. The van der Waals surface area contributed by atoms with Crippen LogP contribution in [0.1, 0.15) is 24.5 Å². The summed E-state index contributed by atoms with van der Waals surface area (Å²) in [5, 5.41) is 0. The molecule has 0 aliphatic rings. The fourth-order valence-corrected chi connectivity index (χ4v) is 1.62. The first-order valence-corrected chi connectivity index (χ1v) is 5.21. The molecule has 0 aliphatic heterocycles. The van der Waals surface area contributed by atoms with Crippen LogP contribution in [0.15, 0.2) is 24.3 Å². The van der Waals surface area contributed by atoms with E-state index in [0.717, 1.165) is 12.2 Å². The van der Waals surface area contributed by atoms with Gasteiger partial charge >= 0.3 is 0 Å². The lowest BCUT2D eigenvalue weighted by atomic mass is 10.0. The van der Waals surface area contributed by atoms with E-state index in [2.05, 4.69) is 32.1 Å². The molecule has 0 unspecified atom stereocenters. The van der Waals surface area contributed by atoms with E-state index in [1.54, 1.807) is 7.11 Å². The van der Waals surface area contributed by atoms with Gasteiger partial charge in [0.15, 0.2) is 0 Å². The van der Waals surface area contributed by atoms with E-state index in [4.69, 9.17) is 10.5 Å². The predicted molar refractivity (Wildman–Crippen MR) is 65.1 cm³/mol. The average molecular weight is 205 g/mol. The topological polar surface area (TPSA) is 35.2 Å². The number of hydrogen-bond acceptors (Lipinski definition) is 2. The van der Waals surface area contributed by atoms with Crippen molar-refractivity contribution in [3.63, 3.8) is 0 Å². The second-order valence-corrected chi connectivity index (χ2v) is 3.65. The lowest BCUT2D eigenvalue weighted by molar-refractivity contribution is 0.414. The Morgan fingerprint density at radius 3 is 2.73 bits per heavy atom. The summed E-state index contributed by atoms with van der Waals surface area (Å²) in [6, 6.07) is 6.13. The molecule has 0 atom stereocenters. The highest BCUT2D eigenvalue weighted by molar-refractivity contribution is 5.67. The number of allylic oxidation sites excluding steroid dienone is 1. The first kappa shape index (κ1) is 11.8. The van der Waals surface area contributed by atoms with Crippen molar-refractivity contribution in [3.8, 4) is 5.75 Å². The van der Waals surface area contributed by atoms with E-state index in [9.17, 15) is 0 Å². The summed E-state index contributed by atoms with van der Waals surface area (Å²) in [7, 11) is 1.69. The van der Waals surface area contributed by atoms with E-state index >= 15 is 0 Å². The van der Waals surface area contributed by atoms with Gasteiger partial charge in [-0.2, -0.15) is 0 Å². The molecule has 0 amide bonds. The standard InChI is InChI=1S/C13H19NO/c1-10(5-4-8-14)13-7-6-12(15-3)9-11(13)2/h5-7,9H,4,8,14H2,1-3H3. The maximum Gasteiger partial charge on any atom is 0.119 e. The van der Waals surface area contributed by atoms with Crippen molar-refractivity contribution in [1.82, 2.24) is 0 Å². The number of benzene rings is 1.